The molecule has 34 heavy (non-hydrogen) atoms. The maximum atomic E-state index is 12.5. The van der Waals surface area contributed by atoms with Crippen LogP contribution in [-0.4, -0.2) is 23.0 Å². The van der Waals surface area contributed by atoms with Crippen molar-refractivity contribution in [2.75, 3.05) is 0 Å². The molecule has 0 radical (unpaired) electrons. The maximum absolute atomic E-state index is 12.5. The van der Waals surface area contributed by atoms with E-state index >= 15 is 0 Å². The van der Waals surface area contributed by atoms with E-state index in [0.717, 1.165) is 23.2 Å². The van der Waals surface area contributed by atoms with Crippen LogP contribution < -0.4 is 10.1 Å². The van der Waals surface area contributed by atoms with Crippen molar-refractivity contribution in [1.29, 1.82) is 0 Å². The highest BCUT2D eigenvalue weighted by Gasteiger charge is 2.24. The molecule has 3 rings (SSSR count). The average Bonchev–Trinajstić information content (AvgIpc) is 3.26. The number of ether oxygens (including phenoxy) is 2. The number of aromatic nitrogens is 1. The summed E-state index contributed by atoms with van der Waals surface area (Å²) in [5.74, 6) is 1.07. The largest absolute Gasteiger partial charge is 0.489 e. The van der Waals surface area contributed by atoms with Crippen molar-refractivity contribution < 1.29 is 23.5 Å². The molecule has 0 aliphatic heterocycles. The molecular formula is C27H30N2O5. The first-order valence-corrected chi connectivity index (χ1v) is 11.1. The second-order valence-corrected chi connectivity index (χ2v) is 8.94. The van der Waals surface area contributed by atoms with Gasteiger partial charge in [-0.25, -0.2) is 9.78 Å². The van der Waals surface area contributed by atoms with E-state index in [2.05, 4.69) is 10.3 Å². The molecule has 1 atom stereocenters. The van der Waals surface area contributed by atoms with Gasteiger partial charge in [-0.15, -0.1) is 0 Å². The number of alkyl carbamates (subject to hydrolysis) is 1. The number of nitrogens with one attached hydrogen (secondary N) is 1. The standard InChI is InChI=1S/C27H30N2O5/c1-19(16-30)14-22-18-33-25(28-22)24(29-26(31)34-27(2,3)4)15-20-10-12-23(13-11-20)32-17-21-8-6-5-7-9-21/h5-14,16,18,24H,15,17H2,1-4H3,(H,29,31)/b19-14+/t24-/m0/s1. The van der Waals surface area contributed by atoms with E-state index in [1.807, 2.05) is 54.6 Å². The van der Waals surface area contributed by atoms with Gasteiger partial charge in [-0.2, -0.15) is 0 Å². The summed E-state index contributed by atoms with van der Waals surface area (Å²) in [7, 11) is 0. The third-order valence-electron chi connectivity index (χ3n) is 4.70. The Bertz CT molecular complexity index is 1110. The molecule has 0 spiro atoms. The van der Waals surface area contributed by atoms with Crippen molar-refractivity contribution in [2.24, 2.45) is 0 Å². The highest BCUT2D eigenvalue weighted by molar-refractivity contribution is 5.79. The minimum Gasteiger partial charge on any atom is -0.489 e. The van der Waals surface area contributed by atoms with Gasteiger partial charge in [-0.05, 0) is 62.6 Å². The van der Waals surface area contributed by atoms with Crippen LogP contribution in [0.2, 0.25) is 0 Å². The average molecular weight is 463 g/mol. The molecule has 2 aromatic carbocycles. The topological polar surface area (TPSA) is 90.7 Å². The summed E-state index contributed by atoms with van der Waals surface area (Å²) in [6.45, 7) is 7.55. The van der Waals surface area contributed by atoms with Crippen LogP contribution in [0.4, 0.5) is 4.79 Å². The van der Waals surface area contributed by atoms with E-state index in [1.165, 1.54) is 6.26 Å². The van der Waals surface area contributed by atoms with Gasteiger partial charge in [0, 0.05) is 6.42 Å². The van der Waals surface area contributed by atoms with Gasteiger partial charge in [0.05, 0.1) is 0 Å². The first-order chi connectivity index (χ1) is 16.2. The second kappa shape index (κ2) is 11.3. The summed E-state index contributed by atoms with van der Waals surface area (Å²) in [5.41, 5.74) is 2.42. The Morgan fingerprint density at radius 3 is 2.44 bits per heavy atom. The van der Waals surface area contributed by atoms with E-state index in [-0.39, 0.29) is 0 Å². The molecule has 7 heteroatoms. The maximum Gasteiger partial charge on any atom is 0.408 e. The van der Waals surface area contributed by atoms with Crippen molar-refractivity contribution in [1.82, 2.24) is 10.3 Å². The fourth-order valence-electron chi connectivity index (χ4n) is 3.14. The lowest BCUT2D eigenvalue weighted by atomic mass is 10.1. The molecule has 0 unspecified atom stereocenters. The van der Waals surface area contributed by atoms with Crippen LogP contribution in [0, 0.1) is 0 Å². The number of oxazole rings is 1. The minimum absolute atomic E-state index is 0.320. The molecule has 1 amide bonds. The third kappa shape index (κ3) is 7.92. The fraction of sp³-hybridized carbons (Fsp3) is 0.296. The van der Waals surface area contributed by atoms with Crippen molar-refractivity contribution >= 4 is 18.5 Å². The van der Waals surface area contributed by atoms with Crippen LogP contribution in [-0.2, 0) is 22.6 Å². The summed E-state index contributed by atoms with van der Waals surface area (Å²) in [4.78, 5) is 27.8. The van der Waals surface area contributed by atoms with Crippen LogP contribution in [0.25, 0.3) is 6.08 Å². The zero-order chi connectivity index (χ0) is 24.6. The Balaban J connectivity index is 1.72. The highest BCUT2D eigenvalue weighted by Crippen LogP contribution is 2.22. The lowest BCUT2D eigenvalue weighted by molar-refractivity contribution is -0.104. The lowest BCUT2D eigenvalue weighted by Gasteiger charge is -2.22. The van der Waals surface area contributed by atoms with Crippen molar-refractivity contribution in [3.8, 4) is 5.75 Å². The molecule has 7 nitrogen and oxygen atoms in total. The molecule has 1 heterocycles. The monoisotopic (exact) mass is 462 g/mol. The number of allylic oxidation sites excluding steroid dienone is 1. The number of amides is 1. The first-order valence-electron chi connectivity index (χ1n) is 11.1. The smallest absolute Gasteiger partial charge is 0.408 e. The van der Waals surface area contributed by atoms with Crippen molar-refractivity contribution in [3.63, 3.8) is 0 Å². The van der Waals surface area contributed by atoms with E-state index in [1.54, 1.807) is 33.8 Å². The lowest BCUT2D eigenvalue weighted by Crippen LogP contribution is -2.36. The van der Waals surface area contributed by atoms with Crippen LogP contribution in [0.5, 0.6) is 5.75 Å². The molecule has 0 saturated heterocycles. The summed E-state index contributed by atoms with van der Waals surface area (Å²) in [6, 6.07) is 17.0. The number of carbonyl (C=O) groups excluding carboxylic acids is 2. The van der Waals surface area contributed by atoms with Crippen molar-refractivity contribution in [2.45, 2.75) is 52.4 Å². The molecule has 0 aliphatic carbocycles. The minimum atomic E-state index is -0.641. The van der Waals surface area contributed by atoms with Gasteiger partial charge in [-0.3, -0.25) is 4.79 Å². The van der Waals surface area contributed by atoms with Gasteiger partial charge >= 0.3 is 6.09 Å². The predicted molar refractivity (Wildman–Crippen MR) is 129 cm³/mol. The molecule has 0 bridgehead atoms. The Kier molecular flexibility index (Phi) is 8.24. The molecular weight excluding hydrogens is 432 g/mol. The number of nitrogens with zero attached hydrogens (tertiary/aromatic N) is 1. The third-order valence-corrected chi connectivity index (χ3v) is 4.70. The predicted octanol–water partition coefficient (Wildman–Crippen LogP) is 5.66. The number of carbonyl (C=O) groups is 2. The normalized spacial score (nSPS) is 12.6. The van der Waals surface area contributed by atoms with Gasteiger partial charge in [-0.1, -0.05) is 42.5 Å². The molecule has 0 saturated carbocycles. The zero-order valence-corrected chi connectivity index (χ0v) is 19.9. The SMILES string of the molecule is C/C(C=O)=C\c1coc([C@H](Cc2ccc(OCc3ccccc3)cc2)NC(=O)OC(C)(C)C)n1. The summed E-state index contributed by atoms with van der Waals surface area (Å²) < 4.78 is 16.9. The molecule has 178 valence electrons. The van der Waals surface area contributed by atoms with Crippen LogP contribution in [0.1, 0.15) is 56.4 Å². The highest BCUT2D eigenvalue weighted by atomic mass is 16.6. The summed E-state index contributed by atoms with van der Waals surface area (Å²) in [5, 5.41) is 2.84. The Hall–Kier alpha value is -3.87. The van der Waals surface area contributed by atoms with Crippen LogP contribution in [0.3, 0.4) is 0 Å². The number of aldehydes is 1. The van der Waals surface area contributed by atoms with Crippen LogP contribution >= 0.6 is 0 Å². The van der Waals surface area contributed by atoms with Gasteiger partial charge in [0.2, 0.25) is 5.89 Å². The Morgan fingerprint density at radius 2 is 1.79 bits per heavy atom. The van der Waals surface area contributed by atoms with E-state index in [0.29, 0.717) is 30.2 Å². The molecule has 0 aliphatic rings. The number of hydrogen-bond donors (Lipinski definition) is 1. The quantitative estimate of drug-likeness (QED) is 0.326. The fourth-order valence-corrected chi connectivity index (χ4v) is 3.14. The zero-order valence-electron chi connectivity index (χ0n) is 19.9. The van der Waals surface area contributed by atoms with E-state index in [9.17, 15) is 9.59 Å². The Labute approximate surface area is 199 Å². The van der Waals surface area contributed by atoms with Gasteiger partial charge in [0.15, 0.2) is 0 Å². The number of benzene rings is 2. The number of hydrogen-bond acceptors (Lipinski definition) is 6. The van der Waals surface area contributed by atoms with Crippen LogP contribution in [0.15, 0.2) is 70.9 Å². The van der Waals surface area contributed by atoms with Gasteiger partial charge in [0.1, 0.15) is 42.2 Å². The molecule has 1 N–H and O–H groups in total. The summed E-state index contributed by atoms with van der Waals surface area (Å²) >= 11 is 0. The molecule has 0 fully saturated rings. The summed E-state index contributed by atoms with van der Waals surface area (Å²) in [6.07, 6.45) is 3.66. The van der Waals surface area contributed by atoms with Crippen molar-refractivity contribution in [3.05, 3.63) is 89.1 Å². The van der Waals surface area contributed by atoms with Gasteiger partial charge < -0.3 is 19.2 Å². The van der Waals surface area contributed by atoms with E-state index in [4.69, 9.17) is 13.9 Å². The molecule has 1 aromatic heterocycles. The Morgan fingerprint density at radius 1 is 1.09 bits per heavy atom. The van der Waals surface area contributed by atoms with Gasteiger partial charge in [0.25, 0.3) is 0 Å². The number of rotatable bonds is 9. The van der Waals surface area contributed by atoms with E-state index < -0.39 is 17.7 Å². The second-order valence-electron chi connectivity index (χ2n) is 8.94. The first kappa shape index (κ1) is 24.8. The molecule has 3 aromatic rings.